The van der Waals surface area contributed by atoms with Crippen LogP contribution in [0.3, 0.4) is 0 Å². The Morgan fingerprint density at radius 1 is 1.22 bits per heavy atom. The molecule has 0 amide bonds. The molecule has 1 unspecified atom stereocenters. The molecule has 32 heavy (non-hydrogen) atoms. The van der Waals surface area contributed by atoms with Gasteiger partial charge >= 0.3 is 0 Å². The Kier molecular flexibility index (Phi) is 6.33. The van der Waals surface area contributed by atoms with Gasteiger partial charge in [0.2, 0.25) is 10.0 Å². The lowest BCUT2D eigenvalue weighted by molar-refractivity contribution is 0.413. The molecule has 0 spiro atoms. The highest BCUT2D eigenvalue weighted by molar-refractivity contribution is 7.93. The lowest BCUT2D eigenvalue weighted by atomic mass is 9.97. The minimum atomic E-state index is -3.81. The number of aryl methyl sites for hydroxylation is 1. The first-order valence-electron chi connectivity index (χ1n) is 9.82. The molecule has 0 aliphatic heterocycles. The number of ether oxygens (including phenoxy) is 1. The van der Waals surface area contributed by atoms with Crippen LogP contribution in [0.1, 0.15) is 17.7 Å². The van der Waals surface area contributed by atoms with Gasteiger partial charge in [0.05, 0.1) is 40.6 Å². The maximum atomic E-state index is 13.4. The van der Waals surface area contributed by atoms with Crippen LogP contribution in [0.4, 0.5) is 5.69 Å². The first-order valence-corrected chi connectivity index (χ1v) is 12.1. The second-order valence-electron chi connectivity index (χ2n) is 7.33. The van der Waals surface area contributed by atoms with Gasteiger partial charge in [-0.3, -0.25) is 4.72 Å². The van der Waals surface area contributed by atoms with Crippen molar-refractivity contribution in [3.63, 3.8) is 0 Å². The molecule has 0 bridgehead atoms. The highest BCUT2D eigenvalue weighted by Crippen LogP contribution is 2.37. The van der Waals surface area contributed by atoms with E-state index in [0.717, 1.165) is 11.4 Å². The van der Waals surface area contributed by atoms with Gasteiger partial charge < -0.3 is 9.30 Å². The van der Waals surface area contributed by atoms with Crippen LogP contribution in [0.2, 0.25) is 10.0 Å². The van der Waals surface area contributed by atoms with Gasteiger partial charge in [-0.25, -0.2) is 13.4 Å². The summed E-state index contributed by atoms with van der Waals surface area (Å²) in [6.45, 7) is 1.89. The molecule has 0 fully saturated rings. The summed E-state index contributed by atoms with van der Waals surface area (Å²) in [5.41, 5.74) is 3.20. The molecule has 2 aromatic carbocycles. The third-order valence-electron chi connectivity index (χ3n) is 5.18. The van der Waals surface area contributed by atoms with E-state index < -0.39 is 15.3 Å². The lowest BCUT2D eigenvalue weighted by Crippen LogP contribution is -2.29. The van der Waals surface area contributed by atoms with Gasteiger partial charge in [0, 0.05) is 12.3 Å². The van der Waals surface area contributed by atoms with Crippen molar-refractivity contribution >= 4 is 44.5 Å². The molecule has 1 aliphatic carbocycles. The average Bonchev–Trinajstić information content (AvgIpc) is 3.21. The molecule has 6 nitrogen and oxygen atoms in total. The second-order valence-corrected chi connectivity index (χ2v) is 9.98. The summed E-state index contributed by atoms with van der Waals surface area (Å²) < 4.78 is 36.8. The third-order valence-corrected chi connectivity index (χ3v) is 7.71. The number of hydrogen-bond acceptors (Lipinski definition) is 4. The number of anilines is 1. The number of halogens is 2. The van der Waals surface area contributed by atoms with Crippen molar-refractivity contribution in [1.29, 1.82) is 0 Å². The summed E-state index contributed by atoms with van der Waals surface area (Å²) in [6, 6.07) is 10.3. The first kappa shape index (κ1) is 22.5. The molecule has 1 aromatic heterocycles. The fourth-order valence-corrected chi connectivity index (χ4v) is 5.55. The molecule has 166 valence electrons. The Labute approximate surface area is 197 Å². The van der Waals surface area contributed by atoms with Gasteiger partial charge in [-0.15, -0.1) is 0 Å². The third kappa shape index (κ3) is 4.41. The Morgan fingerprint density at radius 3 is 2.75 bits per heavy atom. The van der Waals surface area contributed by atoms with E-state index in [4.69, 9.17) is 27.9 Å². The predicted octanol–water partition coefficient (Wildman–Crippen LogP) is 5.65. The largest absolute Gasteiger partial charge is 0.494 e. The maximum absolute atomic E-state index is 13.4. The van der Waals surface area contributed by atoms with Gasteiger partial charge in [0.25, 0.3) is 0 Å². The van der Waals surface area contributed by atoms with E-state index in [1.54, 1.807) is 48.8 Å². The van der Waals surface area contributed by atoms with Crippen molar-refractivity contribution in [1.82, 2.24) is 9.55 Å². The summed E-state index contributed by atoms with van der Waals surface area (Å²) in [7, 11) is -2.27. The normalized spacial score (nSPS) is 16.0. The number of rotatable bonds is 6. The average molecular weight is 490 g/mol. The van der Waals surface area contributed by atoms with Gasteiger partial charge in [-0.2, -0.15) is 0 Å². The summed E-state index contributed by atoms with van der Waals surface area (Å²) in [5.74, 6) is 0.514. The zero-order chi connectivity index (χ0) is 22.9. The molecule has 9 heteroatoms. The molecule has 1 aliphatic rings. The van der Waals surface area contributed by atoms with E-state index in [-0.39, 0.29) is 0 Å². The fourth-order valence-electron chi connectivity index (χ4n) is 3.63. The first-order chi connectivity index (χ1) is 15.3. The summed E-state index contributed by atoms with van der Waals surface area (Å²) in [5, 5.41) is -0.123. The zero-order valence-corrected chi connectivity index (χ0v) is 19.7. The zero-order valence-electron chi connectivity index (χ0n) is 17.4. The minimum Gasteiger partial charge on any atom is -0.494 e. The molecule has 3 aromatic rings. The lowest BCUT2D eigenvalue weighted by Gasteiger charge is -2.24. The van der Waals surface area contributed by atoms with Crippen molar-refractivity contribution in [3.05, 3.63) is 88.5 Å². The summed E-state index contributed by atoms with van der Waals surface area (Å²) in [4.78, 5) is 4.22. The van der Waals surface area contributed by atoms with Crippen LogP contribution >= 0.6 is 23.2 Å². The Hall–Kier alpha value is -2.74. The molecule has 1 atom stereocenters. The van der Waals surface area contributed by atoms with Crippen LogP contribution in [0.25, 0.3) is 11.3 Å². The topological polar surface area (TPSA) is 73.2 Å². The van der Waals surface area contributed by atoms with Crippen molar-refractivity contribution in [2.45, 2.75) is 18.6 Å². The fraction of sp³-hybridized carbons (Fsp3) is 0.174. The minimum absolute atomic E-state index is 0.313. The Bertz CT molecular complexity index is 1330. The van der Waals surface area contributed by atoms with Crippen LogP contribution in [-0.4, -0.2) is 30.3 Å². The van der Waals surface area contributed by atoms with E-state index >= 15 is 0 Å². The van der Waals surface area contributed by atoms with E-state index in [1.807, 2.05) is 29.8 Å². The Balaban J connectivity index is 1.66. The molecule has 0 saturated heterocycles. The number of sulfonamides is 1. The van der Waals surface area contributed by atoms with Crippen molar-refractivity contribution in [2.75, 3.05) is 11.8 Å². The number of nitrogens with zero attached hydrogens (tertiary/aromatic N) is 2. The number of benzene rings is 2. The van der Waals surface area contributed by atoms with Gasteiger partial charge in [-0.1, -0.05) is 53.6 Å². The predicted molar refractivity (Wildman–Crippen MR) is 129 cm³/mol. The van der Waals surface area contributed by atoms with E-state index in [9.17, 15) is 8.42 Å². The van der Waals surface area contributed by atoms with Crippen LogP contribution in [0.15, 0.2) is 67.2 Å². The van der Waals surface area contributed by atoms with Crippen LogP contribution in [-0.2, 0) is 10.0 Å². The quantitative estimate of drug-likeness (QED) is 0.485. The van der Waals surface area contributed by atoms with Crippen molar-refractivity contribution < 1.29 is 13.2 Å². The Morgan fingerprint density at radius 2 is 2.03 bits per heavy atom. The smallest absolute Gasteiger partial charge is 0.240 e. The van der Waals surface area contributed by atoms with Crippen molar-refractivity contribution in [2.24, 2.45) is 0 Å². The van der Waals surface area contributed by atoms with E-state index in [0.29, 0.717) is 39.0 Å². The van der Waals surface area contributed by atoms with Crippen LogP contribution < -0.4 is 9.46 Å². The molecule has 1 N–H and O–H groups in total. The van der Waals surface area contributed by atoms with Gasteiger partial charge in [-0.05, 0) is 42.7 Å². The highest BCUT2D eigenvalue weighted by atomic mass is 35.5. The number of imidazole rings is 1. The number of methoxy groups -OCH3 is 1. The standard InChI is InChI=1S/C23H21Cl2N3O3S/c1-15-13-28(14-26-15)20-11-10-16(12-21(20)31-2)27-32(29,30)22-9-4-3-6-17(22)18-7-5-8-19(24)23(18)25/h3-8,10-14,22,27H,9H2,1-2H3. The van der Waals surface area contributed by atoms with Crippen LogP contribution in [0.5, 0.6) is 5.75 Å². The van der Waals surface area contributed by atoms with E-state index in [1.165, 1.54) is 7.11 Å². The highest BCUT2D eigenvalue weighted by Gasteiger charge is 2.31. The summed E-state index contributed by atoms with van der Waals surface area (Å²) >= 11 is 12.5. The van der Waals surface area contributed by atoms with Crippen LogP contribution in [0, 0.1) is 6.92 Å². The molecule has 0 saturated carbocycles. The SMILES string of the molecule is COc1cc(NS(=O)(=O)C2CC=CC=C2c2cccc(Cl)c2Cl)ccc1-n1cnc(C)c1. The molecule has 4 rings (SSSR count). The monoisotopic (exact) mass is 489 g/mol. The molecular formula is C23H21Cl2N3O3S. The summed E-state index contributed by atoms with van der Waals surface area (Å²) in [6.07, 6.45) is 9.25. The number of hydrogen-bond donors (Lipinski definition) is 1. The number of aromatic nitrogens is 2. The molecular weight excluding hydrogens is 469 g/mol. The molecule has 0 radical (unpaired) electrons. The van der Waals surface area contributed by atoms with Gasteiger partial charge in [0.1, 0.15) is 11.0 Å². The van der Waals surface area contributed by atoms with Gasteiger partial charge in [0.15, 0.2) is 0 Å². The van der Waals surface area contributed by atoms with Crippen molar-refractivity contribution in [3.8, 4) is 11.4 Å². The maximum Gasteiger partial charge on any atom is 0.240 e. The number of allylic oxidation sites excluding steroid dienone is 3. The van der Waals surface area contributed by atoms with E-state index in [2.05, 4.69) is 9.71 Å². The number of nitrogens with one attached hydrogen (secondary N) is 1. The molecule has 1 heterocycles. The second kappa shape index (κ2) is 9.02.